The van der Waals surface area contributed by atoms with Gasteiger partial charge in [-0.05, 0) is 24.7 Å². The van der Waals surface area contributed by atoms with Gasteiger partial charge >= 0.3 is 0 Å². The fraction of sp³-hybridized carbons (Fsp3) is 0.917. The second kappa shape index (κ2) is 4.12. The molecule has 3 atom stereocenters. The van der Waals surface area contributed by atoms with E-state index in [4.69, 9.17) is 0 Å². The normalized spacial score (nSPS) is 34.9. The van der Waals surface area contributed by atoms with Crippen molar-refractivity contribution in [3.63, 3.8) is 0 Å². The largest absolute Gasteiger partial charge is 0.339 e. The van der Waals surface area contributed by atoms with Crippen LogP contribution in [-0.2, 0) is 4.79 Å². The third-order valence-corrected chi connectivity index (χ3v) is 3.84. The fourth-order valence-corrected chi connectivity index (χ4v) is 2.96. The van der Waals surface area contributed by atoms with Gasteiger partial charge in [-0.2, -0.15) is 0 Å². The standard InChI is InChI=1S/C12H22N2O/c1-8(2)4-12(15)14-7-10-5-13-6-11(10)9(14)3/h8-11,13H,4-7H2,1-3H3. The summed E-state index contributed by atoms with van der Waals surface area (Å²) in [4.78, 5) is 14.1. The van der Waals surface area contributed by atoms with Crippen LogP contribution < -0.4 is 5.32 Å². The Hall–Kier alpha value is -0.570. The van der Waals surface area contributed by atoms with E-state index >= 15 is 0 Å². The lowest BCUT2D eigenvalue weighted by atomic mass is 9.95. The Bertz CT molecular complexity index is 252. The average Bonchev–Trinajstić information content (AvgIpc) is 2.67. The van der Waals surface area contributed by atoms with Crippen LogP contribution in [0, 0.1) is 17.8 Å². The van der Waals surface area contributed by atoms with Crippen LogP contribution >= 0.6 is 0 Å². The summed E-state index contributed by atoms with van der Waals surface area (Å²) in [6.07, 6.45) is 0.706. The number of nitrogens with one attached hydrogen (secondary N) is 1. The molecule has 0 aliphatic carbocycles. The minimum atomic E-state index is 0.354. The van der Waals surface area contributed by atoms with Crippen LogP contribution in [-0.4, -0.2) is 36.5 Å². The maximum atomic E-state index is 12.0. The van der Waals surface area contributed by atoms with Crippen molar-refractivity contribution in [2.75, 3.05) is 19.6 Å². The number of fused-ring (bicyclic) bond motifs is 1. The zero-order valence-corrected chi connectivity index (χ0v) is 9.99. The van der Waals surface area contributed by atoms with Gasteiger partial charge in [0.05, 0.1) is 0 Å². The van der Waals surface area contributed by atoms with E-state index in [2.05, 4.69) is 31.0 Å². The van der Waals surface area contributed by atoms with Gasteiger partial charge < -0.3 is 10.2 Å². The van der Waals surface area contributed by atoms with Crippen molar-refractivity contribution in [2.24, 2.45) is 17.8 Å². The summed E-state index contributed by atoms with van der Waals surface area (Å²) >= 11 is 0. The van der Waals surface area contributed by atoms with E-state index in [9.17, 15) is 4.79 Å². The molecule has 1 amide bonds. The van der Waals surface area contributed by atoms with E-state index in [0.29, 0.717) is 36.1 Å². The number of carbonyl (C=O) groups is 1. The molecule has 3 heteroatoms. The zero-order valence-electron chi connectivity index (χ0n) is 9.99. The van der Waals surface area contributed by atoms with Crippen molar-refractivity contribution in [1.29, 1.82) is 0 Å². The van der Waals surface area contributed by atoms with Gasteiger partial charge in [0.15, 0.2) is 0 Å². The highest BCUT2D eigenvalue weighted by atomic mass is 16.2. The monoisotopic (exact) mass is 210 g/mol. The predicted molar refractivity (Wildman–Crippen MR) is 60.5 cm³/mol. The van der Waals surface area contributed by atoms with Crippen LogP contribution in [0.5, 0.6) is 0 Å². The summed E-state index contributed by atoms with van der Waals surface area (Å²) in [5, 5.41) is 3.42. The topological polar surface area (TPSA) is 32.3 Å². The smallest absolute Gasteiger partial charge is 0.223 e. The molecule has 0 aromatic carbocycles. The van der Waals surface area contributed by atoms with Gasteiger partial charge in [0.2, 0.25) is 5.91 Å². The molecular formula is C12H22N2O. The minimum absolute atomic E-state index is 0.354. The Balaban J connectivity index is 1.97. The van der Waals surface area contributed by atoms with E-state index in [-0.39, 0.29) is 0 Å². The first-order valence-electron chi connectivity index (χ1n) is 6.09. The molecular weight excluding hydrogens is 188 g/mol. The van der Waals surface area contributed by atoms with Crippen LogP contribution in [0.2, 0.25) is 0 Å². The second-order valence-electron chi connectivity index (χ2n) is 5.47. The first-order chi connectivity index (χ1) is 7.09. The first-order valence-corrected chi connectivity index (χ1v) is 6.09. The summed E-state index contributed by atoms with van der Waals surface area (Å²) in [6, 6.07) is 0.441. The van der Waals surface area contributed by atoms with Crippen molar-refractivity contribution < 1.29 is 4.79 Å². The fourth-order valence-electron chi connectivity index (χ4n) is 2.96. The van der Waals surface area contributed by atoms with Gasteiger partial charge in [0, 0.05) is 32.1 Å². The van der Waals surface area contributed by atoms with Crippen LogP contribution in [0.25, 0.3) is 0 Å². The molecule has 0 aromatic heterocycles. The molecule has 86 valence electrons. The van der Waals surface area contributed by atoms with Crippen molar-refractivity contribution in [2.45, 2.75) is 33.2 Å². The van der Waals surface area contributed by atoms with E-state index < -0.39 is 0 Å². The SMILES string of the molecule is CC(C)CC(=O)N1CC2CNCC2C1C. The van der Waals surface area contributed by atoms with Crippen molar-refractivity contribution >= 4 is 5.91 Å². The molecule has 0 bridgehead atoms. The Morgan fingerprint density at radius 2 is 2.20 bits per heavy atom. The Morgan fingerprint density at radius 3 is 2.80 bits per heavy atom. The lowest BCUT2D eigenvalue weighted by Crippen LogP contribution is -2.38. The Morgan fingerprint density at radius 1 is 1.47 bits per heavy atom. The van der Waals surface area contributed by atoms with Crippen LogP contribution in [0.15, 0.2) is 0 Å². The first kappa shape index (κ1) is 10.9. The molecule has 0 spiro atoms. The lowest BCUT2D eigenvalue weighted by Gasteiger charge is -2.25. The highest BCUT2D eigenvalue weighted by molar-refractivity contribution is 5.77. The molecule has 3 unspecified atom stereocenters. The third-order valence-electron chi connectivity index (χ3n) is 3.84. The van der Waals surface area contributed by atoms with Gasteiger partial charge in [-0.15, -0.1) is 0 Å². The quantitative estimate of drug-likeness (QED) is 0.740. The van der Waals surface area contributed by atoms with E-state index in [1.165, 1.54) is 0 Å². The number of hydrogen-bond donors (Lipinski definition) is 1. The number of rotatable bonds is 2. The Labute approximate surface area is 92.2 Å². The number of hydrogen-bond acceptors (Lipinski definition) is 2. The molecule has 2 rings (SSSR count). The number of nitrogens with zero attached hydrogens (tertiary/aromatic N) is 1. The van der Waals surface area contributed by atoms with Gasteiger partial charge in [0.25, 0.3) is 0 Å². The molecule has 2 heterocycles. The summed E-state index contributed by atoms with van der Waals surface area (Å²) in [5.41, 5.74) is 0. The van der Waals surface area contributed by atoms with Crippen LogP contribution in [0.1, 0.15) is 27.2 Å². The molecule has 15 heavy (non-hydrogen) atoms. The maximum absolute atomic E-state index is 12.0. The molecule has 2 saturated heterocycles. The van der Waals surface area contributed by atoms with Crippen LogP contribution in [0.4, 0.5) is 0 Å². The number of likely N-dealkylation sites (tertiary alicyclic amines) is 1. The molecule has 0 aromatic rings. The predicted octanol–water partition coefficient (Wildman–Crippen LogP) is 1.10. The van der Waals surface area contributed by atoms with E-state index in [1.54, 1.807) is 0 Å². The maximum Gasteiger partial charge on any atom is 0.223 e. The number of carbonyl (C=O) groups excluding carboxylic acids is 1. The summed E-state index contributed by atoms with van der Waals surface area (Å²) < 4.78 is 0. The zero-order chi connectivity index (χ0) is 11.0. The van der Waals surface area contributed by atoms with E-state index in [0.717, 1.165) is 19.6 Å². The molecule has 2 aliphatic rings. The summed E-state index contributed by atoms with van der Waals surface area (Å²) in [7, 11) is 0. The van der Waals surface area contributed by atoms with Gasteiger partial charge in [-0.25, -0.2) is 0 Å². The molecule has 2 aliphatic heterocycles. The highest BCUT2D eigenvalue weighted by Gasteiger charge is 2.43. The Kier molecular flexibility index (Phi) is 3.01. The minimum Gasteiger partial charge on any atom is -0.339 e. The molecule has 0 saturated carbocycles. The van der Waals surface area contributed by atoms with Crippen molar-refractivity contribution in [1.82, 2.24) is 10.2 Å². The molecule has 1 N–H and O–H groups in total. The average molecular weight is 210 g/mol. The summed E-state index contributed by atoms with van der Waals surface area (Å²) in [5.74, 6) is 2.23. The van der Waals surface area contributed by atoms with Crippen molar-refractivity contribution in [3.8, 4) is 0 Å². The highest BCUT2D eigenvalue weighted by Crippen LogP contribution is 2.32. The summed E-state index contributed by atoms with van der Waals surface area (Å²) in [6.45, 7) is 9.60. The third kappa shape index (κ3) is 2.03. The van der Waals surface area contributed by atoms with Gasteiger partial charge in [0.1, 0.15) is 0 Å². The second-order valence-corrected chi connectivity index (χ2v) is 5.47. The lowest BCUT2D eigenvalue weighted by molar-refractivity contribution is -0.132. The van der Waals surface area contributed by atoms with Gasteiger partial charge in [-0.1, -0.05) is 13.8 Å². The molecule has 3 nitrogen and oxygen atoms in total. The number of amides is 1. The van der Waals surface area contributed by atoms with Gasteiger partial charge in [-0.3, -0.25) is 4.79 Å². The van der Waals surface area contributed by atoms with Crippen molar-refractivity contribution in [3.05, 3.63) is 0 Å². The van der Waals surface area contributed by atoms with Crippen LogP contribution in [0.3, 0.4) is 0 Å². The molecule has 2 fully saturated rings. The molecule has 0 radical (unpaired) electrons. The van der Waals surface area contributed by atoms with E-state index in [1.807, 2.05) is 0 Å².